The van der Waals surface area contributed by atoms with E-state index in [1.165, 1.54) is 39.5 Å². The minimum absolute atomic E-state index is 0.0262. The van der Waals surface area contributed by atoms with Crippen LogP contribution in [0, 0.1) is 0 Å². The van der Waals surface area contributed by atoms with Crippen molar-refractivity contribution in [3.63, 3.8) is 0 Å². The van der Waals surface area contributed by atoms with E-state index in [1.807, 2.05) is 0 Å². The Kier molecular flexibility index (Phi) is 6.85. The van der Waals surface area contributed by atoms with Crippen molar-refractivity contribution in [1.82, 2.24) is 5.32 Å². The lowest BCUT2D eigenvalue weighted by molar-refractivity contribution is -0.144. The minimum atomic E-state index is -0.963. The normalized spacial score (nSPS) is 11.3. The van der Waals surface area contributed by atoms with Crippen molar-refractivity contribution in [3.05, 3.63) is 23.8 Å². The number of esters is 2. The Morgan fingerprint density at radius 2 is 1.87 bits per heavy atom. The lowest BCUT2D eigenvalue weighted by Gasteiger charge is -2.16. The van der Waals surface area contributed by atoms with Gasteiger partial charge in [0.25, 0.3) is 5.91 Å². The van der Waals surface area contributed by atoms with Crippen molar-refractivity contribution in [3.8, 4) is 5.75 Å². The summed E-state index contributed by atoms with van der Waals surface area (Å²) in [4.78, 5) is 35.1. The van der Waals surface area contributed by atoms with Gasteiger partial charge in [0.15, 0.2) is 0 Å². The molecule has 1 aromatic rings. The third kappa shape index (κ3) is 5.17. The number of ether oxygens (including phenoxy) is 3. The van der Waals surface area contributed by atoms with Crippen LogP contribution in [0.3, 0.4) is 0 Å². The van der Waals surface area contributed by atoms with E-state index in [4.69, 9.17) is 10.5 Å². The predicted molar refractivity (Wildman–Crippen MR) is 81.9 cm³/mol. The first-order valence-corrected chi connectivity index (χ1v) is 6.82. The highest BCUT2D eigenvalue weighted by atomic mass is 16.5. The van der Waals surface area contributed by atoms with Gasteiger partial charge < -0.3 is 25.3 Å². The van der Waals surface area contributed by atoms with Crippen molar-refractivity contribution in [2.24, 2.45) is 0 Å². The number of rotatable bonds is 7. The van der Waals surface area contributed by atoms with Crippen LogP contribution < -0.4 is 15.8 Å². The van der Waals surface area contributed by atoms with Crippen LogP contribution >= 0.6 is 0 Å². The minimum Gasteiger partial charge on any atom is -0.495 e. The zero-order valence-electron chi connectivity index (χ0n) is 13.3. The molecule has 0 aliphatic heterocycles. The largest absolute Gasteiger partial charge is 0.495 e. The summed E-state index contributed by atoms with van der Waals surface area (Å²) in [6.45, 7) is 0. The van der Waals surface area contributed by atoms with E-state index in [1.54, 1.807) is 0 Å². The molecule has 1 rings (SSSR count). The molecular weight excluding hydrogens is 304 g/mol. The van der Waals surface area contributed by atoms with Gasteiger partial charge in [-0.3, -0.25) is 9.59 Å². The molecule has 8 nitrogen and oxygen atoms in total. The van der Waals surface area contributed by atoms with Gasteiger partial charge >= 0.3 is 11.9 Å². The van der Waals surface area contributed by atoms with Crippen LogP contribution in [0.15, 0.2) is 18.2 Å². The number of methoxy groups -OCH3 is 3. The first-order chi connectivity index (χ1) is 10.9. The smallest absolute Gasteiger partial charge is 0.328 e. The van der Waals surface area contributed by atoms with Gasteiger partial charge in [0.2, 0.25) is 0 Å². The van der Waals surface area contributed by atoms with Gasteiger partial charge in [0, 0.05) is 12.0 Å². The fourth-order valence-electron chi connectivity index (χ4n) is 1.85. The molecule has 0 aliphatic rings. The fourth-order valence-corrected chi connectivity index (χ4v) is 1.85. The summed E-state index contributed by atoms with van der Waals surface area (Å²) in [7, 11) is 3.88. The second-order valence-electron chi connectivity index (χ2n) is 4.62. The summed E-state index contributed by atoms with van der Waals surface area (Å²) in [6, 6.07) is 3.52. The van der Waals surface area contributed by atoms with Gasteiger partial charge in [0.05, 0.1) is 27.0 Å². The van der Waals surface area contributed by atoms with E-state index in [9.17, 15) is 14.4 Å². The molecule has 8 heteroatoms. The van der Waals surface area contributed by atoms with E-state index >= 15 is 0 Å². The second kappa shape index (κ2) is 8.62. The van der Waals surface area contributed by atoms with Crippen molar-refractivity contribution in [1.29, 1.82) is 0 Å². The molecule has 0 saturated carbocycles. The molecule has 3 N–H and O–H groups in total. The number of nitrogens with two attached hydrogens (primary N) is 1. The predicted octanol–water partition coefficient (Wildman–Crippen LogP) is 0.502. The average Bonchev–Trinajstić information content (AvgIpc) is 2.57. The molecule has 0 saturated heterocycles. The topological polar surface area (TPSA) is 117 Å². The summed E-state index contributed by atoms with van der Waals surface area (Å²) in [5, 5.41) is 2.52. The first-order valence-electron chi connectivity index (χ1n) is 6.82. The third-order valence-electron chi connectivity index (χ3n) is 3.15. The van der Waals surface area contributed by atoms with E-state index in [0.717, 1.165) is 0 Å². The summed E-state index contributed by atoms with van der Waals surface area (Å²) in [6.07, 6.45) is 0.0405. The Morgan fingerprint density at radius 1 is 1.17 bits per heavy atom. The molecule has 0 aliphatic carbocycles. The van der Waals surface area contributed by atoms with Crippen molar-refractivity contribution in [2.45, 2.75) is 18.9 Å². The van der Waals surface area contributed by atoms with Crippen LogP contribution in [-0.4, -0.2) is 45.2 Å². The molecule has 23 heavy (non-hydrogen) atoms. The molecule has 0 radical (unpaired) electrons. The van der Waals surface area contributed by atoms with Crippen LogP contribution in [0.2, 0.25) is 0 Å². The molecule has 1 aromatic carbocycles. The van der Waals surface area contributed by atoms with Gasteiger partial charge in [-0.15, -0.1) is 0 Å². The number of hydrogen-bond acceptors (Lipinski definition) is 7. The molecule has 1 atom stereocenters. The molecular formula is C15H20N2O6. The SMILES string of the molecule is COC(=O)CC[C@H](NC(=O)c1ccc(N)c(OC)c1)C(=O)OC. The number of benzene rings is 1. The van der Waals surface area contributed by atoms with E-state index in [-0.39, 0.29) is 18.4 Å². The average molecular weight is 324 g/mol. The third-order valence-corrected chi connectivity index (χ3v) is 3.15. The standard InChI is InChI=1S/C15H20N2O6/c1-21-12-8-9(4-5-10(12)16)14(19)17-11(15(20)23-3)6-7-13(18)22-2/h4-5,8,11H,6-7,16H2,1-3H3,(H,17,19)/t11-/m0/s1. The highest BCUT2D eigenvalue weighted by Gasteiger charge is 2.23. The van der Waals surface area contributed by atoms with Crippen LogP contribution in [0.25, 0.3) is 0 Å². The summed E-state index contributed by atoms with van der Waals surface area (Å²) < 4.78 is 14.2. The van der Waals surface area contributed by atoms with Gasteiger partial charge in [-0.25, -0.2) is 4.79 Å². The number of carbonyl (C=O) groups is 3. The lowest BCUT2D eigenvalue weighted by atomic mass is 10.1. The molecule has 0 unspecified atom stereocenters. The molecule has 0 spiro atoms. The summed E-state index contributed by atoms with van der Waals surface area (Å²) >= 11 is 0. The number of nitrogen functional groups attached to an aromatic ring is 1. The quantitative estimate of drug-likeness (QED) is 0.554. The van der Waals surface area contributed by atoms with Gasteiger partial charge in [-0.1, -0.05) is 0 Å². The summed E-state index contributed by atoms with van der Waals surface area (Å²) in [5.41, 5.74) is 6.34. The van der Waals surface area contributed by atoms with Crippen LogP contribution in [-0.2, 0) is 19.1 Å². The Hall–Kier alpha value is -2.77. The van der Waals surface area contributed by atoms with Crippen molar-refractivity contribution in [2.75, 3.05) is 27.1 Å². The van der Waals surface area contributed by atoms with Crippen molar-refractivity contribution >= 4 is 23.5 Å². The van der Waals surface area contributed by atoms with E-state index < -0.39 is 23.9 Å². The Balaban J connectivity index is 2.83. The highest BCUT2D eigenvalue weighted by molar-refractivity contribution is 5.97. The van der Waals surface area contributed by atoms with Crippen LogP contribution in [0.5, 0.6) is 5.75 Å². The van der Waals surface area contributed by atoms with E-state index in [2.05, 4.69) is 14.8 Å². The van der Waals surface area contributed by atoms with Gasteiger partial charge in [-0.2, -0.15) is 0 Å². The Morgan fingerprint density at radius 3 is 2.43 bits per heavy atom. The van der Waals surface area contributed by atoms with Crippen LogP contribution in [0.4, 0.5) is 5.69 Å². The lowest BCUT2D eigenvalue weighted by Crippen LogP contribution is -2.41. The van der Waals surface area contributed by atoms with Crippen LogP contribution in [0.1, 0.15) is 23.2 Å². The zero-order chi connectivity index (χ0) is 17.4. The fraction of sp³-hybridized carbons (Fsp3) is 0.400. The van der Waals surface area contributed by atoms with Gasteiger partial charge in [0.1, 0.15) is 11.8 Å². The number of anilines is 1. The Labute approximate surface area is 133 Å². The zero-order valence-corrected chi connectivity index (χ0v) is 13.3. The first kappa shape index (κ1) is 18.3. The molecule has 126 valence electrons. The number of hydrogen-bond donors (Lipinski definition) is 2. The molecule has 0 heterocycles. The van der Waals surface area contributed by atoms with Gasteiger partial charge in [-0.05, 0) is 24.6 Å². The maximum absolute atomic E-state index is 12.2. The maximum Gasteiger partial charge on any atom is 0.328 e. The monoisotopic (exact) mass is 324 g/mol. The second-order valence-corrected chi connectivity index (χ2v) is 4.62. The molecule has 1 amide bonds. The summed E-state index contributed by atoms with van der Waals surface area (Å²) in [5.74, 6) is -1.29. The van der Waals surface area contributed by atoms with Crippen molar-refractivity contribution < 1.29 is 28.6 Å². The maximum atomic E-state index is 12.2. The van der Waals surface area contributed by atoms with E-state index in [0.29, 0.717) is 11.4 Å². The number of carbonyl (C=O) groups excluding carboxylic acids is 3. The Bertz CT molecular complexity index is 587. The number of amides is 1. The number of nitrogens with one attached hydrogen (secondary N) is 1. The molecule has 0 aromatic heterocycles. The molecule has 0 fully saturated rings. The molecule has 0 bridgehead atoms. The highest BCUT2D eigenvalue weighted by Crippen LogP contribution is 2.22.